The molecule has 5 atom stereocenters. The molecular formula is C10H19FO5. The molecule has 6 heteroatoms. The van der Waals surface area contributed by atoms with E-state index in [-0.39, 0.29) is 6.61 Å². The summed E-state index contributed by atoms with van der Waals surface area (Å²) < 4.78 is 39.7. The molecule has 0 spiro atoms. The van der Waals surface area contributed by atoms with E-state index >= 15 is 0 Å². The van der Waals surface area contributed by atoms with Crippen molar-refractivity contribution in [2.24, 2.45) is 0 Å². The van der Waals surface area contributed by atoms with Crippen LogP contribution in [-0.2, 0) is 23.7 Å². The van der Waals surface area contributed by atoms with Crippen LogP contribution >= 0.6 is 0 Å². The van der Waals surface area contributed by atoms with Crippen LogP contribution in [0.4, 0.5) is 4.39 Å². The highest BCUT2D eigenvalue weighted by Crippen LogP contribution is 2.27. The molecule has 5 unspecified atom stereocenters. The highest BCUT2D eigenvalue weighted by atomic mass is 19.1. The van der Waals surface area contributed by atoms with Gasteiger partial charge in [0.15, 0.2) is 12.5 Å². The van der Waals surface area contributed by atoms with Crippen molar-refractivity contribution < 1.29 is 28.1 Å². The third-order valence-corrected chi connectivity index (χ3v) is 2.68. The molecule has 0 aromatic heterocycles. The summed E-state index contributed by atoms with van der Waals surface area (Å²) in [4.78, 5) is 0. The van der Waals surface area contributed by atoms with Crippen molar-refractivity contribution >= 4 is 0 Å². The molecule has 1 heterocycles. The summed E-state index contributed by atoms with van der Waals surface area (Å²) in [6.45, 7) is 0.245. The number of halogens is 1. The van der Waals surface area contributed by atoms with Crippen molar-refractivity contribution in [3.63, 3.8) is 0 Å². The van der Waals surface area contributed by atoms with Crippen LogP contribution in [0.2, 0.25) is 0 Å². The van der Waals surface area contributed by atoms with Gasteiger partial charge in [0.25, 0.3) is 0 Å². The average Bonchev–Trinajstić information content (AvgIpc) is 2.29. The van der Waals surface area contributed by atoms with E-state index in [4.69, 9.17) is 23.7 Å². The van der Waals surface area contributed by atoms with Crippen LogP contribution in [0.5, 0.6) is 0 Å². The largest absolute Gasteiger partial charge is 0.382 e. The Morgan fingerprint density at radius 1 is 1.00 bits per heavy atom. The fraction of sp³-hybridized carbons (Fsp3) is 1.00. The van der Waals surface area contributed by atoms with Crippen LogP contribution in [-0.4, -0.2) is 65.8 Å². The highest BCUT2D eigenvalue weighted by Gasteiger charge is 2.47. The number of methoxy groups -OCH3 is 4. The van der Waals surface area contributed by atoms with E-state index in [9.17, 15) is 4.39 Å². The lowest BCUT2D eigenvalue weighted by Gasteiger charge is -2.41. The second-order valence-corrected chi connectivity index (χ2v) is 3.58. The van der Waals surface area contributed by atoms with Crippen molar-refractivity contribution in [3.8, 4) is 0 Å². The lowest BCUT2D eigenvalue weighted by molar-refractivity contribution is -0.292. The van der Waals surface area contributed by atoms with Gasteiger partial charge in [-0.2, -0.15) is 0 Å². The molecule has 1 aliphatic heterocycles. The Labute approximate surface area is 94.8 Å². The molecule has 1 aliphatic rings. The molecule has 5 nitrogen and oxygen atoms in total. The Balaban J connectivity index is 2.75. The first-order valence-corrected chi connectivity index (χ1v) is 5.06. The van der Waals surface area contributed by atoms with Crippen molar-refractivity contribution in [3.05, 3.63) is 0 Å². The number of alkyl halides is 1. The SMILES string of the molecule is COCC1OC(OC)C(OC)C(F)C1OC. The minimum atomic E-state index is -1.31. The molecule has 1 fully saturated rings. The molecule has 0 amide bonds. The zero-order valence-electron chi connectivity index (χ0n) is 10.0. The van der Waals surface area contributed by atoms with Crippen LogP contribution in [0, 0.1) is 0 Å². The molecule has 0 aromatic rings. The summed E-state index contributed by atoms with van der Waals surface area (Å²) in [5, 5.41) is 0. The third kappa shape index (κ3) is 2.70. The number of hydrogen-bond acceptors (Lipinski definition) is 5. The van der Waals surface area contributed by atoms with Crippen molar-refractivity contribution in [2.45, 2.75) is 30.8 Å². The third-order valence-electron chi connectivity index (χ3n) is 2.68. The van der Waals surface area contributed by atoms with Gasteiger partial charge in [-0.1, -0.05) is 0 Å². The summed E-state index contributed by atoms with van der Waals surface area (Å²) >= 11 is 0. The van der Waals surface area contributed by atoms with Crippen LogP contribution < -0.4 is 0 Å². The summed E-state index contributed by atoms with van der Waals surface area (Å²) in [5.41, 5.74) is 0. The molecule has 0 aromatic carbocycles. The summed E-state index contributed by atoms with van der Waals surface area (Å²) in [5.74, 6) is 0. The molecule has 96 valence electrons. The fourth-order valence-corrected chi connectivity index (χ4v) is 1.88. The minimum absolute atomic E-state index is 0.245. The topological polar surface area (TPSA) is 46.2 Å². The Morgan fingerprint density at radius 2 is 1.62 bits per heavy atom. The van der Waals surface area contributed by atoms with E-state index in [1.807, 2.05) is 0 Å². The Kier molecular flexibility index (Phi) is 5.57. The van der Waals surface area contributed by atoms with Gasteiger partial charge in [0, 0.05) is 28.4 Å². The second-order valence-electron chi connectivity index (χ2n) is 3.58. The first-order valence-electron chi connectivity index (χ1n) is 5.06. The zero-order chi connectivity index (χ0) is 12.1. The molecule has 16 heavy (non-hydrogen) atoms. The van der Waals surface area contributed by atoms with E-state index in [0.29, 0.717) is 0 Å². The summed E-state index contributed by atoms with van der Waals surface area (Å²) in [6, 6.07) is 0. The van der Waals surface area contributed by atoms with Crippen LogP contribution in [0.15, 0.2) is 0 Å². The maximum absolute atomic E-state index is 14.1. The molecule has 0 N–H and O–H groups in total. The average molecular weight is 238 g/mol. The molecule has 1 rings (SSSR count). The van der Waals surface area contributed by atoms with Crippen LogP contribution in [0.3, 0.4) is 0 Å². The molecular weight excluding hydrogens is 219 g/mol. The highest BCUT2D eigenvalue weighted by molar-refractivity contribution is 4.91. The first-order chi connectivity index (χ1) is 7.69. The predicted molar refractivity (Wildman–Crippen MR) is 54.0 cm³/mol. The van der Waals surface area contributed by atoms with Gasteiger partial charge in [0.2, 0.25) is 0 Å². The summed E-state index contributed by atoms with van der Waals surface area (Å²) in [6.07, 6.45) is -4.05. The van der Waals surface area contributed by atoms with Gasteiger partial charge >= 0.3 is 0 Å². The van der Waals surface area contributed by atoms with E-state index in [0.717, 1.165) is 0 Å². The van der Waals surface area contributed by atoms with Gasteiger partial charge in [-0.05, 0) is 0 Å². The molecule has 0 saturated carbocycles. The van der Waals surface area contributed by atoms with E-state index < -0.39 is 30.8 Å². The predicted octanol–water partition coefficient (Wildman–Crippen LogP) is 0.372. The number of rotatable bonds is 5. The van der Waals surface area contributed by atoms with E-state index in [1.165, 1.54) is 28.4 Å². The van der Waals surface area contributed by atoms with Crippen molar-refractivity contribution in [1.82, 2.24) is 0 Å². The monoisotopic (exact) mass is 238 g/mol. The van der Waals surface area contributed by atoms with Gasteiger partial charge in [0.1, 0.15) is 18.3 Å². The number of hydrogen-bond donors (Lipinski definition) is 0. The lowest BCUT2D eigenvalue weighted by atomic mass is 10.00. The van der Waals surface area contributed by atoms with Gasteiger partial charge in [-0.3, -0.25) is 0 Å². The van der Waals surface area contributed by atoms with Crippen LogP contribution in [0.25, 0.3) is 0 Å². The Hall–Kier alpha value is -0.270. The van der Waals surface area contributed by atoms with Gasteiger partial charge < -0.3 is 23.7 Å². The number of ether oxygens (including phenoxy) is 5. The molecule has 0 aliphatic carbocycles. The molecule has 0 bridgehead atoms. The van der Waals surface area contributed by atoms with Gasteiger partial charge in [0.05, 0.1) is 6.61 Å². The Morgan fingerprint density at radius 3 is 2.06 bits per heavy atom. The van der Waals surface area contributed by atoms with E-state index in [2.05, 4.69) is 0 Å². The first kappa shape index (κ1) is 13.8. The van der Waals surface area contributed by atoms with Crippen LogP contribution in [0.1, 0.15) is 0 Å². The standard InChI is InChI=1S/C10H19FO5/c1-12-5-6-8(13-2)7(11)9(14-3)10(15-4)16-6/h6-10H,5H2,1-4H3. The van der Waals surface area contributed by atoms with Gasteiger partial charge in [-0.15, -0.1) is 0 Å². The quantitative estimate of drug-likeness (QED) is 0.692. The zero-order valence-corrected chi connectivity index (χ0v) is 10.0. The Bertz CT molecular complexity index is 202. The lowest BCUT2D eigenvalue weighted by Crippen LogP contribution is -2.58. The minimum Gasteiger partial charge on any atom is -0.382 e. The second kappa shape index (κ2) is 6.46. The maximum Gasteiger partial charge on any atom is 0.186 e. The van der Waals surface area contributed by atoms with Crippen molar-refractivity contribution in [1.29, 1.82) is 0 Å². The smallest absolute Gasteiger partial charge is 0.186 e. The van der Waals surface area contributed by atoms with E-state index in [1.54, 1.807) is 0 Å². The summed E-state index contributed by atoms with van der Waals surface area (Å²) in [7, 11) is 5.81. The molecule has 0 radical (unpaired) electrons. The fourth-order valence-electron chi connectivity index (χ4n) is 1.88. The molecule has 1 saturated heterocycles. The van der Waals surface area contributed by atoms with Gasteiger partial charge in [-0.25, -0.2) is 4.39 Å². The maximum atomic E-state index is 14.1. The normalized spacial score (nSPS) is 39.9. The van der Waals surface area contributed by atoms with Crippen molar-refractivity contribution in [2.75, 3.05) is 35.0 Å².